The molecule has 0 aliphatic heterocycles. The first-order valence-corrected chi connectivity index (χ1v) is 6.37. The van der Waals surface area contributed by atoms with E-state index in [9.17, 15) is 19.7 Å². The summed E-state index contributed by atoms with van der Waals surface area (Å²) < 4.78 is 4.57. The number of carbonyl (C=O) groups is 2. The normalized spacial score (nSPS) is 9.81. The summed E-state index contributed by atoms with van der Waals surface area (Å²) in [5, 5.41) is 16.4. The summed E-state index contributed by atoms with van der Waals surface area (Å²) in [6.45, 7) is 2.55. The molecule has 0 saturated heterocycles. The topological polar surface area (TPSA) is 111 Å². The van der Waals surface area contributed by atoms with Gasteiger partial charge in [-0.2, -0.15) is 0 Å². The van der Waals surface area contributed by atoms with Crippen molar-refractivity contribution in [3.63, 3.8) is 0 Å². The molecule has 0 aliphatic rings. The average Bonchev–Trinajstić information content (AvgIpc) is 2.46. The SMILES string of the molecule is CCNC(=O)CCNc1cc(C(=O)OC)ccc1[N+](=O)[O-]. The number of amides is 1. The van der Waals surface area contributed by atoms with Gasteiger partial charge in [0, 0.05) is 25.6 Å². The number of hydrogen-bond donors (Lipinski definition) is 2. The third kappa shape index (κ3) is 4.75. The Morgan fingerprint density at radius 2 is 2.10 bits per heavy atom. The van der Waals surface area contributed by atoms with Gasteiger partial charge in [0.15, 0.2) is 0 Å². The van der Waals surface area contributed by atoms with Crippen LogP contribution in [0.2, 0.25) is 0 Å². The third-order valence-electron chi connectivity index (χ3n) is 2.66. The third-order valence-corrected chi connectivity index (χ3v) is 2.66. The standard InChI is InChI=1S/C13H17N3O5/c1-3-14-12(17)6-7-15-10-8-9(13(18)21-2)4-5-11(10)16(19)20/h4-5,8,15H,3,6-7H2,1-2H3,(H,14,17). The lowest BCUT2D eigenvalue weighted by Gasteiger charge is -2.08. The second-order valence-electron chi connectivity index (χ2n) is 4.11. The van der Waals surface area contributed by atoms with Crippen LogP contribution in [0.3, 0.4) is 0 Å². The highest BCUT2D eigenvalue weighted by Gasteiger charge is 2.17. The molecule has 0 fully saturated rings. The first kappa shape index (κ1) is 16.4. The number of nitrogens with one attached hydrogen (secondary N) is 2. The van der Waals surface area contributed by atoms with Crippen molar-refractivity contribution in [2.75, 3.05) is 25.5 Å². The summed E-state index contributed by atoms with van der Waals surface area (Å²) >= 11 is 0. The van der Waals surface area contributed by atoms with E-state index in [1.807, 2.05) is 0 Å². The molecule has 0 radical (unpaired) electrons. The van der Waals surface area contributed by atoms with Crippen molar-refractivity contribution >= 4 is 23.3 Å². The molecule has 114 valence electrons. The molecule has 1 rings (SSSR count). The van der Waals surface area contributed by atoms with Crippen LogP contribution in [0.15, 0.2) is 18.2 Å². The van der Waals surface area contributed by atoms with Crippen molar-refractivity contribution in [3.05, 3.63) is 33.9 Å². The Balaban J connectivity index is 2.84. The summed E-state index contributed by atoms with van der Waals surface area (Å²) in [5.74, 6) is -0.742. The number of nitrogens with zero attached hydrogens (tertiary/aromatic N) is 1. The molecule has 0 atom stereocenters. The number of carbonyl (C=O) groups excluding carboxylic acids is 2. The van der Waals surface area contributed by atoms with Crippen LogP contribution in [0.25, 0.3) is 0 Å². The maximum absolute atomic E-state index is 11.4. The highest BCUT2D eigenvalue weighted by Crippen LogP contribution is 2.25. The maximum atomic E-state index is 11.4. The minimum Gasteiger partial charge on any atom is -0.465 e. The van der Waals surface area contributed by atoms with Crippen LogP contribution in [-0.4, -0.2) is 37.0 Å². The van der Waals surface area contributed by atoms with Gasteiger partial charge in [-0.15, -0.1) is 0 Å². The molecule has 0 bridgehead atoms. The second kappa shape index (κ2) is 7.83. The van der Waals surface area contributed by atoms with Crippen LogP contribution in [0.4, 0.5) is 11.4 Å². The van der Waals surface area contributed by atoms with Crippen molar-refractivity contribution in [1.82, 2.24) is 5.32 Å². The molecule has 0 heterocycles. The van der Waals surface area contributed by atoms with Gasteiger partial charge < -0.3 is 15.4 Å². The molecule has 8 heteroatoms. The molecule has 0 unspecified atom stereocenters. The Labute approximate surface area is 121 Å². The van der Waals surface area contributed by atoms with Gasteiger partial charge in [-0.1, -0.05) is 0 Å². The fourth-order valence-corrected chi connectivity index (χ4v) is 1.68. The van der Waals surface area contributed by atoms with E-state index < -0.39 is 10.9 Å². The van der Waals surface area contributed by atoms with Gasteiger partial charge in [-0.3, -0.25) is 14.9 Å². The van der Waals surface area contributed by atoms with Crippen LogP contribution in [0, 0.1) is 10.1 Å². The highest BCUT2D eigenvalue weighted by molar-refractivity contribution is 5.91. The molecular weight excluding hydrogens is 278 g/mol. The minimum atomic E-state index is -0.586. The fourth-order valence-electron chi connectivity index (χ4n) is 1.68. The van der Waals surface area contributed by atoms with Crippen LogP contribution in [0.1, 0.15) is 23.7 Å². The molecule has 1 aromatic rings. The molecular formula is C13H17N3O5. The summed E-state index contributed by atoms with van der Waals surface area (Å²) in [7, 11) is 1.23. The van der Waals surface area contributed by atoms with Crippen LogP contribution in [0.5, 0.6) is 0 Å². The Morgan fingerprint density at radius 3 is 2.67 bits per heavy atom. The van der Waals surface area contributed by atoms with Crippen LogP contribution >= 0.6 is 0 Å². The largest absolute Gasteiger partial charge is 0.465 e. The van der Waals surface area contributed by atoms with E-state index in [0.29, 0.717) is 6.54 Å². The van der Waals surface area contributed by atoms with Gasteiger partial charge in [0.05, 0.1) is 17.6 Å². The number of nitro groups is 1. The predicted octanol–water partition coefficient (Wildman–Crippen LogP) is 1.32. The van der Waals surface area contributed by atoms with Crippen molar-refractivity contribution in [2.24, 2.45) is 0 Å². The zero-order chi connectivity index (χ0) is 15.8. The molecule has 1 aromatic carbocycles. The fraction of sp³-hybridized carbons (Fsp3) is 0.385. The predicted molar refractivity (Wildman–Crippen MR) is 76.2 cm³/mol. The first-order valence-electron chi connectivity index (χ1n) is 6.37. The molecule has 0 aromatic heterocycles. The Bertz CT molecular complexity index is 545. The summed E-state index contributed by atoms with van der Waals surface area (Å²) in [6.07, 6.45) is 0.174. The molecule has 0 saturated carbocycles. The number of nitro benzene ring substituents is 1. The number of hydrogen-bond acceptors (Lipinski definition) is 6. The first-order chi connectivity index (χ1) is 9.99. The highest BCUT2D eigenvalue weighted by atomic mass is 16.6. The zero-order valence-electron chi connectivity index (χ0n) is 11.8. The molecule has 8 nitrogen and oxygen atoms in total. The summed E-state index contributed by atoms with van der Waals surface area (Å²) in [4.78, 5) is 33.1. The smallest absolute Gasteiger partial charge is 0.337 e. The van der Waals surface area contributed by atoms with E-state index in [-0.39, 0.29) is 35.8 Å². The van der Waals surface area contributed by atoms with E-state index in [2.05, 4.69) is 15.4 Å². The van der Waals surface area contributed by atoms with Gasteiger partial charge in [0.25, 0.3) is 5.69 Å². The van der Waals surface area contributed by atoms with Gasteiger partial charge in [-0.25, -0.2) is 4.79 Å². The average molecular weight is 295 g/mol. The lowest BCUT2D eigenvalue weighted by Crippen LogP contribution is -2.24. The Morgan fingerprint density at radius 1 is 1.38 bits per heavy atom. The number of rotatable bonds is 7. The van der Waals surface area contributed by atoms with Gasteiger partial charge in [0.1, 0.15) is 5.69 Å². The van der Waals surface area contributed by atoms with Crippen molar-refractivity contribution in [2.45, 2.75) is 13.3 Å². The Kier molecular flexibility index (Phi) is 6.12. The Hall–Kier alpha value is -2.64. The lowest BCUT2D eigenvalue weighted by molar-refractivity contribution is -0.384. The molecule has 0 spiro atoms. The van der Waals surface area contributed by atoms with Gasteiger partial charge >= 0.3 is 5.97 Å². The summed E-state index contributed by atoms with van der Waals surface area (Å²) in [6, 6.07) is 3.88. The molecule has 0 aliphatic carbocycles. The van der Waals surface area contributed by atoms with Gasteiger partial charge in [0.2, 0.25) is 5.91 Å². The number of methoxy groups -OCH3 is 1. The van der Waals surface area contributed by atoms with Crippen molar-refractivity contribution in [3.8, 4) is 0 Å². The van der Waals surface area contributed by atoms with E-state index in [4.69, 9.17) is 0 Å². The zero-order valence-corrected chi connectivity index (χ0v) is 11.8. The van der Waals surface area contributed by atoms with Gasteiger partial charge in [-0.05, 0) is 19.1 Å². The number of esters is 1. The van der Waals surface area contributed by atoms with E-state index >= 15 is 0 Å². The van der Waals surface area contributed by atoms with Crippen LogP contribution in [-0.2, 0) is 9.53 Å². The molecule has 2 N–H and O–H groups in total. The lowest BCUT2D eigenvalue weighted by atomic mass is 10.1. The molecule has 21 heavy (non-hydrogen) atoms. The van der Waals surface area contributed by atoms with E-state index in [1.54, 1.807) is 6.92 Å². The van der Waals surface area contributed by atoms with Crippen molar-refractivity contribution < 1.29 is 19.2 Å². The maximum Gasteiger partial charge on any atom is 0.337 e. The van der Waals surface area contributed by atoms with Crippen LogP contribution < -0.4 is 10.6 Å². The van der Waals surface area contributed by atoms with Crippen molar-refractivity contribution in [1.29, 1.82) is 0 Å². The monoisotopic (exact) mass is 295 g/mol. The quantitative estimate of drug-likeness (QED) is 0.446. The van der Waals surface area contributed by atoms with E-state index in [1.165, 1.54) is 25.3 Å². The second-order valence-corrected chi connectivity index (χ2v) is 4.11. The number of ether oxygens (including phenoxy) is 1. The minimum absolute atomic E-state index is 0.156. The molecule has 1 amide bonds. The summed E-state index contributed by atoms with van der Waals surface area (Å²) in [5.41, 5.74) is 0.203. The number of benzene rings is 1. The van der Waals surface area contributed by atoms with E-state index in [0.717, 1.165) is 0 Å². The number of anilines is 1.